The third-order valence-corrected chi connectivity index (χ3v) is 3.08. The molecule has 0 aromatic heterocycles. The number of hydrogen-bond acceptors (Lipinski definition) is 1. The van der Waals surface area contributed by atoms with E-state index in [-0.39, 0.29) is 6.10 Å². The van der Waals surface area contributed by atoms with Gasteiger partial charge in [-0.1, -0.05) is 70.8 Å². The van der Waals surface area contributed by atoms with Crippen LogP contribution in [-0.2, 0) is 0 Å². The Balaban J connectivity index is 3.00. The molecule has 0 saturated carbocycles. The van der Waals surface area contributed by atoms with Gasteiger partial charge in [0.25, 0.3) is 0 Å². The minimum absolute atomic E-state index is 0.151. The first-order chi connectivity index (χ1) is 7.81. The number of hydrogen-bond donors (Lipinski definition) is 1. The molecule has 1 nitrogen and oxygen atoms in total. The van der Waals surface area contributed by atoms with Crippen LogP contribution in [0.25, 0.3) is 0 Å². The van der Waals surface area contributed by atoms with Gasteiger partial charge in [-0.2, -0.15) is 0 Å². The SMILES string of the molecule is C=CC[C@@H](O)CCCCCCCCCCC. The van der Waals surface area contributed by atoms with Crippen LogP contribution < -0.4 is 0 Å². The molecule has 0 aliphatic carbocycles. The van der Waals surface area contributed by atoms with Gasteiger partial charge in [0.15, 0.2) is 0 Å². The highest BCUT2D eigenvalue weighted by atomic mass is 16.3. The highest BCUT2D eigenvalue weighted by Gasteiger charge is 2.00. The Labute approximate surface area is 102 Å². The molecule has 0 saturated heterocycles. The van der Waals surface area contributed by atoms with E-state index in [1.54, 1.807) is 6.08 Å². The zero-order chi connectivity index (χ0) is 12.1. The van der Waals surface area contributed by atoms with Crippen LogP contribution in [0.5, 0.6) is 0 Å². The Bertz CT molecular complexity index is 142. The van der Waals surface area contributed by atoms with Gasteiger partial charge in [0.2, 0.25) is 0 Å². The molecule has 0 amide bonds. The van der Waals surface area contributed by atoms with Crippen LogP contribution in [0.4, 0.5) is 0 Å². The van der Waals surface area contributed by atoms with Crippen molar-refractivity contribution in [3.05, 3.63) is 12.7 Å². The maximum Gasteiger partial charge on any atom is 0.0574 e. The van der Waals surface area contributed by atoms with Crippen molar-refractivity contribution in [3.63, 3.8) is 0 Å². The summed E-state index contributed by atoms with van der Waals surface area (Å²) in [5, 5.41) is 9.48. The van der Waals surface area contributed by atoms with Crippen LogP contribution >= 0.6 is 0 Å². The average Bonchev–Trinajstić information content (AvgIpc) is 2.27. The summed E-state index contributed by atoms with van der Waals surface area (Å²) < 4.78 is 0. The van der Waals surface area contributed by atoms with Crippen molar-refractivity contribution in [1.82, 2.24) is 0 Å². The van der Waals surface area contributed by atoms with Crippen molar-refractivity contribution in [2.45, 2.75) is 83.7 Å². The van der Waals surface area contributed by atoms with Crippen molar-refractivity contribution in [1.29, 1.82) is 0 Å². The molecule has 0 spiro atoms. The Morgan fingerprint density at radius 3 is 1.94 bits per heavy atom. The van der Waals surface area contributed by atoms with Crippen LogP contribution in [-0.4, -0.2) is 11.2 Å². The van der Waals surface area contributed by atoms with Gasteiger partial charge in [-0.15, -0.1) is 6.58 Å². The van der Waals surface area contributed by atoms with Gasteiger partial charge in [0.05, 0.1) is 6.10 Å². The van der Waals surface area contributed by atoms with E-state index in [2.05, 4.69) is 13.5 Å². The van der Waals surface area contributed by atoms with Crippen LogP contribution in [0.15, 0.2) is 12.7 Å². The Hall–Kier alpha value is -0.300. The molecule has 0 aliphatic heterocycles. The van der Waals surface area contributed by atoms with E-state index in [1.165, 1.54) is 57.8 Å². The van der Waals surface area contributed by atoms with Gasteiger partial charge in [-0.25, -0.2) is 0 Å². The number of aliphatic hydroxyl groups is 1. The average molecular weight is 226 g/mol. The van der Waals surface area contributed by atoms with E-state index in [0.717, 1.165) is 12.8 Å². The van der Waals surface area contributed by atoms with Crippen molar-refractivity contribution < 1.29 is 5.11 Å². The molecule has 1 heteroatoms. The Morgan fingerprint density at radius 2 is 1.44 bits per heavy atom. The second kappa shape index (κ2) is 12.8. The van der Waals surface area contributed by atoms with Gasteiger partial charge in [0, 0.05) is 0 Å². The lowest BCUT2D eigenvalue weighted by Crippen LogP contribution is -2.03. The van der Waals surface area contributed by atoms with E-state index in [4.69, 9.17) is 0 Å². The fraction of sp³-hybridized carbons (Fsp3) is 0.867. The largest absolute Gasteiger partial charge is 0.393 e. The standard InChI is InChI=1S/C15H30O/c1-3-5-6-7-8-9-10-11-12-14-15(16)13-4-2/h4,15-16H,2-3,5-14H2,1H3/t15-/m1/s1. The first-order valence-electron chi connectivity index (χ1n) is 7.10. The Kier molecular flexibility index (Phi) is 12.5. The van der Waals surface area contributed by atoms with E-state index < -0.39 is 0 Å². The molecule has 16 heavy (non-hydrogen) atoms. The number of unbranched alkanes of at least 4 members (excludes halogenated alkanes) is 8. The zero-order valence-electron chi connectivity index (χ0n) is 11.1. The Morgan fingerprint density at radius 1 is 0.938 bits per heavy atom. The maximum atomic E-state index is 9.48. The molecule has 0 fully saturated rings. The highest BCUT2D eigenvalue weighted by Crippen LogP contribution is 2.12. The molecular weight excluding hydrogens is 196 g/mol. The first kappa shape index (κ1) is 15.7. The third kappa shape index (κ3) is 11.8. The summed E-state index contributed by atoms with van der Waals surface area (Å²) in [5.74, 6) is 0. The molecule has 1 atom stereocenters. The lowest BCUT2D eigenvalue weighted by molar-refractivity contribution is 0.164. The molecule has 0 heterocycles. The summed E-state index contributed by atoms with van der Waals surface area (Å²) in [4.78, 5) is 0. The molecule has 0 unspecified atom stereocenters. The van der Waals surface area contributed by atoms with Gasteiger partial charge < -0.3 is 5.11 Å². The molecular formula is C15H30O. The maximum absolute atomic E-state index is 9.48. The quantitative estimate of drug-likeness (QED) is 0.373. The van der Waals surface area contributed by atoms with Gasteiger partial charge in [-0.3, -0.25) is 0 Å². The van der Waals surface area contributed by atoms with Crippen LogP contribution in [0.2, 0.25) is 0 Å². The second-order valence-corrected chi connectivity index (χ2v) is 4.80. The zero-order valence-corrected chi connectivity index (χ0v) is 11.1. The summed E-state index contributed by atoms with van der Waals surface area (Å²) in [6.45, 7) is 5.89. The van der Waals surface area contributed by atoms with Crippen molar-refractivity contribution in [3.8, 4) is 0 Å². The monoisotopic (exact) mass is 226 g/mol. The molecule has 0 aromatic rings. The molecule has 96 valence electrons. The topological polar surface area (TPSA) is 20.2 Å². The lowest BCUT2D eigenvalue weighted by Gasteiger charge is -2.07. The third-order valence-electron chi connectivity index (χ3n) is 3.08. The van der Waals surface area contributed by atoms with E-state index in [9.17, 15) is 5.11 Å². The molecule has 0 radical (unpaired) electrons. The van der Waals surface area contributed by atoms with Crippen LogP contribution in [0.3, 0.4) is 0 Å². The van der Waals surface area contributed by atoms with E-state index in [1.807, 2.05) is 0 Å². The summed E-state index contributed by atoms with van der Waals surface area (Å²) in [6, 6.07) is 0. The first-order valence-corrected chi connectivity index (χ1v) is 7.10. The minimum atomic E-state index is -0.151. The molecule has 0 aromatic carbocycles. The predicted molar refractivity (Wildman–Crippen MR) is 72.7 cm³/mol. The van der Waals surface area contributed by atoms with Gasteiger partial charge in [0.1, 0.15) is 0 Å². The number of aliphatic hydroxyl groups excluding tert-OH is 1. The normalized spacial score (nSPS) is 12.6. The number of rotatable bonds is 12. The highest BCUT2D eigenvalue weighted by molar-refractivity contribution is 4.71. The van der Waals surface area contributed by atoms with Crippen molar-refractivity contribution >= 4 is 0 Å². The van der Waals surface area contributed by atoms with Crippen molar-refractivity contribution in [2.75, 3.05) is 0 Å². The minimum Gasteiger partial charge on any atom is -0.393 e. The smallest absolute Gasteiger partial charge is 0.0574 e. The summed E-state index contributed by atoms with van der Waals surface area (Å²) in [6.07, 6.45) is 15.5. The summed E-state index contributed by atoms with van der Waals surface area (Å²) in [5.41, 5.74) is 0. The molecule has 1 N–H and O–H groups in total. The van der Waals surface area contributed by atoms with Crippen LogP contribution in [0.1, 0.15) is 77.6 Å². The molecule has 0 bridgehead atoms. The molecule has 0 aliphatic rings. The van der Waals surface area contributed by atoms with Crippen LogP contribution in [0, 0.1) is 0 Å². The second-order valence-electron chi connectivity index (χ2n) is 4.80. The molecule has 0 rings (SSSR count). The van der Waals surface area contributed by atoms with Crippen molar-refractivity contribution in [2.24, 2.45) is 0 Å². The summed E-state index contributed by atoms with van der Waals surface area (Å²) >= 11 is 0. The summed E-state index contributed by atoms with van der Waals surface area (Å²) in [7, 11) is 0. The van der Waals surface area contributed by atoms with Gasteiger partial charge >= 0.3 is 0 Å². The fourth-order valence-electron chi connectivity index (χ4n) is 2.00. The fourth-order valence-corrected chi connectivity index (χ4v) is 2.00. The van der Waals surface area contributed by atoms with E-state index >= 15 is 0 Å². The van der Waals surface area contributed by atoms with E-state index in [0.29, 0.717) is 0 Å². The predicted octanol–water partition coefficient (Wildman–Crippen LogP) is 4.84. The van der Waals surface area contributed by atoms with Gasteiger partial charge in [-0.05, 0) is 12.8 Å². The lowest BCUT2D eigenvalue weighted by atomic mass is 10.0.